The summed E-state index contributed by atoms with van der Waals surface area (Å²) in [7, 11) is 0. The van der Waals surface area contributed by atoms with E-state index < -0.39 is 0 Å². The molecule has 1 heterocycles. The van der Waals surface area contributed by atoms with Crippen molar-refractivity contribution in [2.45, 2.75) is 26.2 Å². The van der Waals surface area contributed by atoms with Gasteiger partial charge in [-0.2, -0.15) is 5.26 Å². The molecule has 98 valence electrons. The summed E-state index contributed by atoms with van der Waals surface area (Å²) < 4.78 is 1.80. The van der Waals surface area contributed by atoms with Crippen LogP contribution in [0.5, 0.6) is 0 Å². The summed E-state index contributed by atoms with van der Waals surface area (Å²) in [5.41, 5.74) is 1.92. The number of benzene rings is 1. The number of nitriles is 1. The molecule has 0 bridgehead atoms. The van der Waals surface area contributed by atoms with E-state index in [9.17, 15) is 10.2 Å². The highest BCUT2D eigenvalue weighted by atomic mass is 16.3. The SMILES string of the molecule is N#CCCn1c(-c2ccccc2)nc(CO)c1CO. The van der Waals surface area contributed by atoms with Crippen molar-refractivity contribution in [3.05, 3.63) is 41.7 Å². The van der Waals surface area contributed by atoms with E-state index in [1.807, 2.05) is 30.3 Å². The summed E-state index contributed by atoms with van der Waals surface area (Å²) in [4.78, 5) is 4.37. The van der Waals surface area contributed by atoms with E-state index in [1.54, 1.807) is 4.57 Å². The van der Waals surface area contributed by atoms with Crippen molar-refractivity contribution in [2.24, 2.45) is 0 Å². The van der Waals surface area contributed by atoms with Gasteiger partial charge in [0.25, 0.3) is 0 Å². The third kappa shape index (κ3) is 2.65. The number of aliphatic hydroxyl groups is 2. The summed E-state index contributed by atoms with van der Waals surface area (Å²) in [6, 6.07) is 11.6. The van der Waals surface area contributed by atoms with E-state index in [0.29, 0.717) is 30.2 Å². The molecule has 0 spiro atoms. The molecular formula is C14H15N3O2. The van der Waals surface area contributed by atoms with Gasteiger partial charge in [0.15, 0.2) is 0 Å². The maximum atomic E-state index is 9.44. The highest BCUT2D eigenvalue weighted by molar-refractivity contribution is 5.56. The number of imidazole rings is 1. The Kier molecular flexibility index (Phi) is 4.29. The first-order valence-corrected chi connectivity index (χ1v) is 6.04. The standard InChI is InChI=1S/C14H15N3O2/c15-7-4-8-17-13(10-19)12(9-18)16-14(17)11-5-2-1-3-6-11/h1-3,5-6,18-19H,4,8-10H2. The van der Waals surface area contributed by atoms with Gasteiger partial charge >= 0.3 is 0 Å². The number of hydrogen-bond acceptors (Lipinski definition) is 4. The van der Waals surface area contributed by atoms with Crippen LogP contribution in [0.1, 0.15) is 17.8 Å². The molecule has 19 heavy (non-hydrogen) atoms. The van der Waals surface area contributed by atoms with Crippen LogP contribution in [0.15, 0.2) is 30.3 Å². The minimum Gasteiger partial charge on any atom is -0.390 e. The molecule has 1 aromatic carbocycles. The molecule has 0 aliphatic carbocycles. The number of hydrogen-bond donors (Lipinski definition) is 2. The molecule has 0 amide bonds. The first-order valence-electron chi connectivity index (χ1n) is 6.04. The highest BCUT2D eigenvalue weighted by Crippen LogP contribution is 2.23. The lowest BCUT2D eigenvalue weighted by Crippen LogP contribution is -2.06. The molecule has 0 saturated carbocycles. The minimum atomic E-state index is -0.227. The minimum absolute atomic E-state index is 0.207. The van der Waals surface area contributed by atoms with Crippen LogP contribution >= 0.6 is 0 Å². The Balaban J connectivity index is 2.53. The van der Waals surface area contributed by atoms with Gasteiger partial charge in [0.05, 0.1) is 37.1 Å². The summed E-state index contributed by atoms with van der Waals surface area (Å²) in [5.74, 6) is 0.670. The van der Waals surface area contributed by atoms with Gasteiger partial charge in [0.2, 0.25) is 0 Å². The quantitative estimate of drug-likeness (QED) is 0.849. The lowest BCUT2D eigenvalue weighted by atomic mass is 10.2. The fourth-order valence-electron chi connectivity index (χ4n) is 2.05. The van der Waals surface area contributed by atoms with E-state index in [0.717, 1.165) is 5.56 Å². The zero-order valence-electron chi connectivity index (χ0n) is 10.5. The summed E-state index contributed by atoms with van der Waals surface area (Å²) in [6.45, 7) is 0.0139. The van der Waals surface area contributed by atoms with E-state index >= 15 is 0 Å². The van der Waals surface area contributed by atoms with Crippen molar-refractivity contribution in [1.82, 2.24) is 9.55 Å². The van der Waals surface area contributed by atoms with Crippen molar-refractivity contribution in [2.75, 3.05) is 0 Å². The molecule has 2 N–H and O–H groups in total. The molecule has 2 rings (SSSR count). The topological polar surface area (TPSA) is 82.1 Å². The van der Waals surface area contributed by atoms with Crippen LogP contribution < -0.4 is 0 Å². The molecule has 5 nitrogen and oxygen atoms in total. The monoisotopic (exact) mass is 257 g/mol. The van der Waals surface area contributed by atoms with Crippen LogP contribution in [0.25, 0.3) is 11.4 Å². The van der Waals surface area contributed by atoms with Gasteiger partial charge in [0, 0.05) is 12.1 Å². The molecular weight excluding hydrogens is 242 g/mol. The number of rotatable bonds is 5. The van der Waals surface area contributed by atoms with Crippen LogP contribution in [0, 0.1) is 11.3 Å². The Morgan fingerprint density at radius 3 is 2.47 bits per heavy atom. The van der Waals surface area contributed by atoms with Gasteiger partial charge in [-0.1, -0.05) is 30.3 Å². The average molecular weight is 257 g/mol. The van der Waals surface area contributed by atoms with Crippen molar-refractivity contribution in [3.8, 4) is 17.5 Å². The van der Waals surface area contributed by atoms with E-state index in [-0.39, 0.29) is 13.2 Å². The largest absolute Gasteiger partial charge is 0.390 e. The molecule has 0 aliphatic rings. The van der Waals surface area contributed by atoms with Crippen molar-refractivity contribution >= 4 is 0 Å². The summed E-state index contributed by atoms with van der Waals surface area (Å²) >= 11 is 0. The molecule has 0 radical (unpaired) electrons. The van der Waals surface area contributed by atoms with Crippen LogP contribution in [0.3, 0.4) is 0 Å². The van der Waals surface area contributed by atoms with Crippen molar-refractivity contribution in [3.63, 3.8) is 0 Å². The van der Waals surface area contributed by atoms with Crippen molar-refractivity contribution < 1.29 is 10.2 Å². The fourth-order valence-corrected chi connectivity index (χ4v) is 2.05. The predicted octanol–water partition coefficient (Wildman–Crippen LogP) is 1.45. The molecule has 0 unspecified atom stereocenters. The van der Waals surface area contributed by atoms with E-state index in [2.05, 4.69) is 11.1 Å². The summed E-state index contributed by atoms with van der Waals surface area (Å²) in [6.07, 6.45) is 0.327. The highest BCUT2D eigenvalue weighted by Gasteiger charge is 2.16. The maximum Gasteiger partial charge on any atom is 0.140 e. The first-order chi connectivity index (χ1) is 9.31. The Labute approximate surface area is 111 Å². The number of nitrogens with zero attached hydrogens (tertiary/aromatic N) is 3. The zero-order chi connectivity index (χ0) is 13.7. The third-order valence-electron chi connectivity index (χ3n) is 2.93. The summed E-state index contributed by atoms with van der Waals surface area (Å²) in [5, 5.41) is 27.5. The Morgan fingerprint density at radius 2 is 1.89 bits per heavy atom. The molecule has 0 saturated heterocycles. The second-order valence-corrected chi connectivity index (χ2v) is 4.07. The Morgan fingerprint density at radius 1 is 1.16 bits per heavy atom. The molecule has 0 aliphatic heterocycles. The zero-order valence-corrected chi connectivity index (χ0v) is 10.5. The Hall–Kier alpha value is -2.16. The molecule has 5 heteroatoms. The maximum absolute atomic E-state index is 9.44. The fraction of sp³-hybridized carbons (Fsp3) is 0.286. The predicted molar refractivity (Wildman–Crippen MR) is 69.7 cm³/mol. The average Bonchev–Trinajstić information content (AvgIpc) is 2.83. The van der Waals surface area contributed by atoms with E-state index in [1.165, 1.54) is 0 Å². The van der Waals surface area contributed by atoms with Crippen LogP contribution in [0.4, 0.5) is 0 Å². The first kappa shape index (κ1) is 13.3. The van der Waals surface area contributed by atoms with E-state index in [4.69, 9.17) is 5.26 Å². The third-order valence-corrected chi connectivity index (χ3v) is 2.93. The van der Waals surface area contributed by atoms with Crippen LogP contribution in [0.2, 0.25) is 0 Å². The van der Waals surface area contributed by atoms with Crippen LogP contribution in [-0.4, -0.2) is 19.8 Å². The van der Waals surface area contributed by atoms with Gasteiger partial charge in [0.1, 0.15) is 5.82 Å². The Bertz CT molecular complexity index is 585. The van der Waals surface area contributed by atoms with Crippen LogP contribution in [-0.2, 0) is 19.8 Å². The normalized spacial score (nSPS) is 10.4. The smallest absolute Gasteiger partial charge is 0.140 e. The molecule has 1 aromatic heterocycles. The molecule has 0 atom stereocenters. The van der Waals surface area contributed by atoms with Gasteiger partial charge < -0.3 is 14.8 Å². The second-order valence-electron chi connectivity index (χ2n) is 4.07. The second kappa shape index (κ2) is 6.14. The lowest BCUT2D eigenvalue weighted by molar-refractivity contribution is 0.250. The lowest BCUT2D eigenvalue weighted by Gasteiger charge is -2.09. The van der Waals surface area contributed by atoms with Gasteiger partial charge in [-0.25, -0.2) is 4.98 Å². The number of aromatic nitrogens is 2. The van der Waals surface area contributed by atoms with Gasteiger partial charge in [-0.15, -0.1) is 0 Å². The van der Waals surface area contributed by atoms with Gasteiger partial charge in [-0.05, 0) is 0 Å². The molecule has 0 fully saturated rings. The number of aliphatic hydroxyl groups excluding tert-OH is 2. The van der Waals surface area contributed by atoms with Crippen molar-refractivity contribution in [1.29, 1.82) is 5.26 Å². The molecule has 2 aromatic rings. The van der Waals surface area contributed by atoms with Gasteiger partial charge in [-0.3, -0.25) is 0 Å².